The molecule has 0 nitrogen and oxygen atoms in total. The summed E-state index contributed by atoms with van der Waals surface area (Å²) in [5.41, 5.74) is 0. The van der Waals surface area contributed by atoms with Crippen molar-refractivity contribution in [3.63, 3.8) is 0 Å². The molecule has 0 rings (SSSR count). The molecule has 1 atom stereocenters. The molecule has 0 aromatic heterocycles. The number of hydrogen-bond donors (Lipinski definition) is 0. The molecule has 1 radical (unpaired) electrons. The Kier molecular flexibility index (Phi) is 2.73. The minimum atomic E-state index is 0.417. The molecule has 0 bridgehead atoms. The summed E-state index contributed by atoms with van der Waals surface area (Å²) < 4.78 is 0. The molecule has 0 heterocycles. The second-order valence-corrected chi connectivity index (χ2v) is 2.14. The maximum Gasteiger partial charge on any atom is -0.0213 e. The summed E-state index contributed by atoms with van der Waals surface area (Å²) in [6, 6.07) is 0. The van der Waals surface area contributed by atoms with Crippen molar-refractivity contribution in [1.82, 2.24) is 0 Å². The molecule has 0 amide bonds. The standard InChI is InChI=1S/C7H13/c1-5-7(4)6(2)3/h5-7H,1,4H2,2-3H3. The van der Waals surface area contributed by atoms with Gasteiger partial charge in [-0.3, -0.25) is 0 Å². The van der Waals surface area contributed by atoms with Gasteiger partial charge in [0.05, 0.1) is 0 Å². The van der Waals surface area contributed by atoms with E-state index in [1.54, 1.807) is 0 Å². The monoisotopic (exact) mass is 97.1 g/mol. The first-order chi connectivity index (χ1) is 3.18. The van der Waals surface area contributed by atoms with Crippen LogP contribution in [-0.2, 0) is 0 Å². The summed E-state index contributed by atoms with van der Waals surface area (Å²) in [6.45, 7) is 11.7. The Morgan fingerprint density at radius 3 is 1.86 bits per heavy atom. The van der Waals surface area contributed by atoms with Crippen molar-refractivity contribution in [2.24, 2.45) is 11.8 Å². The van der Waals surface area contributed by atoms with E-state index in [1.807, 2.05) is 6.08 Å². The second-order valence-electron chi connectivity index (χ2n) is 2.14. The van der Waals surface area contributed by atoms with Gasteiger partial charge < -0.3 is 0 Å². The minimum absolute atomic E-state index is 0.417. The molecule has 0 aromatic carbocycles. The first-order valence-corrected chi connectivity index (χ1v) is 2.64. The molecule has 1 unspecified atom stereocenters. The van der Waals surface area contributed by atoms with Gasteiger partial charge in [-0.15, -0.1) is 6.58 Å². The predicted molar refractivity (Wildman–Crippen MR) is 33.9 cm³/mol. The van der Waals surface area contributed by atoms with Gasteiger partial charge in [-0.25, -0.2) is 0 Å². The molecular formula is C7H13. The van der Waals surface area contributed by atoms with E-state index in [0.717, 1.165) is 0 Å². The van der Waals surface area contributed by atoms with E-state index < -0.39 is 0 Å². The number of allylic oxidation sites excluding steroid dienone is 1. The van der Waals surface area contributed by atoms with Gasteiger partial charge in [0.15, 0.2) is 0 Å². The zero-order chi connectivity index (χ0) is 5.86. The van der Waals surface area contributed by atoms with Crippen LogP contribution in [0.15, 0.2) is 12.7 Å². The van der Waals surface area contributed by atoms with E-state index in [-0.39, 0.29) is 0 Å². The van der Waals surface area contributed by atoms with Crippen molar-refractivity contribution in [3.05, 3.63) is 19.6 Å². The van der Waals surface area contributed by atoms with Crippen LogP contribution in [0.25, 0.3) is 0 Å². The lowest BCUT2D eigenvalue weighted by atomic mass is 9.99. The van der Waals surface area contributed by atoms with Gasteiger partial charge in [-0.2, -0.15) is 0 Å². The molecule has 0 aliphatic rings. The van der Waals surface area contributed by atoms with Crippen LogP contribution >= 0.6 is 0 Å². The molecule has 0 saturated carbocycles. The summed E-state index contributed by atoms with van der Waals surface area (Å²) in [6.07, 6.45) is 1.88. The summed E-state index contributed by atoms with van der Waals surface area (Å²) in [7, 11) is 0. The Labute approximate surface area is 46.2 Å². The topological polar surface area (TPSA) is 0 Å². The number of rotatable bonds is 2. The van der Waals surface area contributed by atoms with Crippen LogP contribution in [0.2, 0.25) is 0 Å². The quantitative estimate of drug-likeness (QED) is 0.464. The van der Waals surface area contributed by atoms with Crippen LogP contribution in [0.3, 0.4) is 0 Å². The van der Waals surface area contributed by atoms with E-state index in [9.17, 15) is 0 Å². The normalized spacial score (nSPS) is 14.3. The highest BCUT2D eigenvalue weighted by Crippen LogP contribution is 2.08. The van der Waals surface area contributed by atoms with Crippen molar-refractivity contribution in [1.29, 1.82) is 0 Å². The van der Waals surface area contributed by atoms with Crippen LogP contribution < -0.4 is 0 Å². The van der Waals surface area contributed by atoms with E-state index in [2.05, 4.69) is 27.4 Å². The lowest BCUT2D eigenvalue weighted by Gasteiger charge is -2.07. The van der Waals surface area contributed by atoms with E-state index in [0.29, 0.717) is 11.8 Å². The zero-order valence-electron chi connectivity index (χ0n) is 5.15. The first kappa shape index (κ1) is 6.74. The van der Waals surface area contributed by atoms with Gasteiger partial charge in [0, 0.05) is 0 Å². The molecule has 0 spiro atoms. The Hall–Kier alpha value is -0.260. The fourth-order valence-corrected chi connectivity index (χ4v) is 0.272. The van der Waals surface area contributed by atoms with Crippen molar-refractivity contribution in [3.8, 4) is 0 Å². The largest absolute Gasteiger partial charge is 0.103 e. The van der Waals surface area contributed by atoms with Crippen molar-refractivity contribution in [2.75, 3.05) is 0 Å². The van der Waals surface area contributed by atoms with Gasteiger partial charge >= 0.3 is 0 Å². The van der Waals surface area contributed by atoms with Crippen LogP contribution in [0.1, 0.15) is 13.8 Å². The molecule has 0 fully saturated rings. The van der Waals surface area contributed by atoms with Crippen LogP contribution in [0.5, 0.6) is 0 Å². The summed E-state index contributed by atoms with van der Waals surface area (Å²) in [4.78, 5) is 0. The SMILES string of the molecule is [CH2]C(C=C)C(C)C. The van der Waals surface area contributed by atoms with Crippen molar-refractivity contribution >= 4 is 0 Å². The molecule has 0 N–H and O–H groups in total. The second kappa shape index (κ2) is 2.84. The van der Waals surface area contributed by atoms with E-state index >= 15 is 0 Å². The average molecular weight is 97.2 g/mol. The molecule has 0 saturated heterocycles. The van der Waals surface area contributed by atoms with Gasteiger partial charge in [0.2, 0.25) is 0 Å². The van der Waals surface area contributed by atoms with E-state index in [4.69, 9.17) is 0 Å². The third kappa shape index (κ3) is 2.44. The molecule has 0 aromatic rings. The molecule has 0 heteroatoms. The maximum absolute atomic E-state index is 3.84. The van der Waals surface area contributed by atoms with Crippen LogP contribution in [-0.4, -0.2) is 0 Å². The van der Waals surface area contributed by atoms with Crippen molar-refractivity contribution in [2.45, 2.75) is 13.8 Å². The Morgan fingerprint density at radius 1 is 1.43 bits per heavy atom. The maximum atomic E-state index is 3.84. The highest BCUT2D eigenvalue weighted by Gasteiger charge is 1.98. The Bertz CT molecular complexity index is 53.1. The number of hydrogen-bond acceptors (Lipinski definition) is 0. The highest BCUT2D eigenvalue weighted by atomic mass is 14.0. The third-order valence-electron chi connectivity index (χ3n) is 1.16. The predicted octanol–water partition coefficient (Wildman–Crippen LogP) is 2.28. The van der Waals surface area contributed by atoms with Crippen molar-refractivity contribution < 1.29 is 0 Å². The zero-order valence-corrected chi connectivity index (χ0v) is 5.15. The molecule has 41 valence electrons. The lowest BCUT2D eigenvalue weighted by molar-refractivity contribution is 0.548. The summed E-state index contributed by atoms with van der Waals surface area (Å²) in [5, 5.41) is 0. The van der Waals surface area contributed by atoms with Gasteiger partial charge in [0.1, 0.15) is 0 Å². The average Bonchev–Trinajstić information content (AvgIpc) is 1.65. The lowest BCUT2D eigenvalue weighted by Crippen LogP contribution is -1.98. The van der Waals surface area contributed by atoms with E-state index in [1.165, 1.54) is 0 Å². The highest BCUT2D eigenvalue weighted by molar-refractivity contribution is 4.82. The van der Waals surface area contributed by atoms with Crippen LogP contribution in [0.4, 0.5) is 0 Å². The molecule has 0 aliphatic heterocycles. The Morgan fingerprint density at radius 2 is 1.86 bits per heavy atom. The third-order valence-corrected chi connectivity index (χ3v) is 1.16. The van der Waals surface area contributed by atoms with Gasteiger partial charge in [0.25, 0.3) is 0 Å². The first-order valence-electron chi connectivity index (χ1n) is 2.64. The summed E-state index contributed by atoms with van der Waals surface area (Å²) >= 11 is 0. The van der Waals surface area contributed by atoms with Gasteiger partial charge in [-0.05, 0) is 18.8 Å². The van der Waals surface area contributed by atoms with Gasteiger partial charge in [-0.1, -0.05) is 19.9 Å². The summed E-state index contributed by atoms with van der Waals surface area (Å²) in [5.74, 6) is 1.05. The van der Waals surface area contributed by atoms with Crippen LogP contribution in [0, 0.1) is 18.8 Å². The minimum Gasteiger partial charge on any atom is -0.103 e. The Balaban J connectivity index is 3.33. The molecule has 7 heavy (non-hydrogen) atoms. The smallest absolute Gasteiger partial charge is 0.0213 e. The fourth-order valence-electron chi connectivity index (χ4n) is 0.272. The fraction of sp³-hybridized carbons (Fsp3) is 0.571. The molecule has 0 aliphatic carbocycles. The molecular weight excluding hydrogens is 84.1 g/mol.